The van der Waals surface area contributed by atoms with Crippen molar-refractivity contribution in [2.24, 2.45) is 0 Å². The lowest BCUT2D eigenvalue weighted by molar-refractivity contribution is 0.245. The SMILES string of the molecule is Cc1ccc(-c2nc(CN3CCc4sccc4C3)cs2)cc1. The van der Waals surface area contributed by atoms with E-state index in [-0.39, 0.29) is 0 Å². The maximum absolute atomic E-state index is 4.83. The van der Waals surface area contributed by atoms with Gasteiger partial charge in [-0.3, -0.25) is 4.90 Å². The van der Waals surface area contributed by atoms with Crippen LogP contribution >= 0.6 is 22.7 Å². The zero-order valence-electron chi connectivity index (χ0n) is 12.6. The molecule has 0 saturated carbocycles. The molecule has 0 fully saturated rings. The minimum Gasteiger partial charge on any atom is -0.293 e. The second-order valence-electron chi connectivity index (χ2n) is 5.84. The van der Waals surface area contributed by atoms with Crippen molar-refractivity contribution in [3.05, 3.63) is 62.8 Å². The van der Waals surface area contributed by atoms with Crippen LogP contribution in [0.5, 0.6) is 0 Å². The Labute approximate surface area is 139 Å². The maximum Gasteiger partial charge on any atom is 0.123 e. The molecule has 0 aliphatic carbocycles. The third-order valence-corrected chi connectivity index (χ3v) is 6.09. The van der Waals surface area contributed by atoms with Crippen molar-refractivity contribution in [2.45, 2.75) is 26.4 Å². The summed E-state index contributed by atoms with van der Waals surface area (Å²) in [6.07, 6.45) is 1.18. The monoisotopic (exact) mass is 326 g/mol. The Hall–Kier alpha value is -1.49. The van der Waals surface area contributed by atoms with Crippen LogP contribution in [0.4, 0.5) is 0 Å². The molecule has 3 heterocycles. The molecule has 1 aromatic carbocycles. The number of aryl methyl sites for hydroxylation is 1. The van der Waals surface area contributed by atoms with Gasteiger partial charge in [-0.1, -0.05) is 29.8 Å². The van der Waals surface area contributed by atoms with E-state index >= 15 is 0 Å². The van der Waals surface area contributed by atoms with Gasteiger partial charge in [0.05, 0.1) is 5.69 Å². The fraction of sp³-hybridized carbons (Fsp3) is 0.278. The summed E-state index contributed by atoms with van der Waals surface area (Å²) in [7, 11) is 0. The van der Waals surface area contributed by atoms with E-state index in [1.54, 1.807) is 16.2 Å². The number of thiazole rings is 1. The fourth-order valence-corrected chi connectivity index (χ4v) is 4.59. The van der Waals surface area contributed by atoms with Crippen LogP contribution in [0.1, 0.15) is 21.7 Å². The average Bonchev–Trinajstić information content (AvgIpc) is 3.17. The zero-order valence-corrected chi connectivity index (χ0v) is 14.2. The minimum atomic E-state index is 0.956. The number of nitrogens with zero attached hydrogens (tertiary/aromatic N) is 2. The fourth-order valence-electron chi connectivity index (χ4n) is 2.88. The molecule has 112 valence electrons. The average molecular weight is 326 g/mol. The van der Waals surface area contributed by atoms with Gasteiger partial charge >= 0.3 is 0 Å². The van der Waals surface area contributed by atoms with Crippen LogP contribution in [-0.4, -0.2) is 16.4 Å². The lowest BCUT2D eigenvalue weighted by atomic mass is 10.1. The number of fused-ring (bicyclic) bond motifs is 1. The Morgan fingerprint density at radius 2 is 2.00 bits per heavy atom. The van der Waals surface area contributed by atoms with Crippen molar-refractivity contribution in [2.75, 3.05) is 6.54 Å². The van der Waals surface area contributed by atoms with E-state index < -0.39 is 0 Å². The van der Waals surface area contributed by atoms with Gasteiger partial charge < -0.3 is 0 Å². The van der Waals surface area contributed by atoms with Crippen LogP contribution in [0.15, 0.2) is 41.1 Å². The molecule has 1 aliphatic rings. The van der Waals surface area contributed by atoms with Crippen LogP contribution < -0.4 is 0 Å². The molecule has 1 aliphatic heterocycles. The molecule has 0 atom stereocenters. The maximum atomic E-state index is 4.83. The molecule has 22 heavy (non-hydrogen) atoms. The Bertz CT molecular complexity index is 770. The van der Waals surface area contributed by atoms with Gasteiger partial charge in [0.2, 0.25) is 0 Å². The summed E-state index contributed by atoms with van der Waals surface area (Å²) in [4.78, 5) is 8.90. The van der Waals surface area contributed by atoms with Crippen LogP contribution in [0.3, 0.4) is 0 Å². The van der Waals surface area contributed by atoms with Crippen molar-refractivity contribution in [1.82, 2.24) is 9.88 Å². The first kappa shape index (κ1) is 14.1. The second kappa shape index (κ2) is 5.95. The van der Waals surface area contributed by atoms with Gasteiger partial charge in [-0.05, 0) is 30.4 Å². The van der Waals surface area contributed by atoms with E-state index in [0.29, 0.717) is 0 Å². The van der Waals surface area contributed by atoms with Gasteiger partial charge in [-0.15, -0.1) is 22.7 Å². The number of hydrogen-bond donors (Lipinski definition) is 0. The van der Waals surface area contributed by atoms with E-state index in [0.717, 1.165) is 24.6 Å². The predicted octanol–water partition coefficient (Wildman–Crippen LogP) is 4.74. The molecule has 0 N–H and O–H groups in total. The molecular weight excluding hydrogens is 308 g/mol. The highest BCUT2D eigenvalue weighted by Gasteiger charge is 2.18. The van der Waals surface area contributed by atoms with Gasteiger partial charge in [0.1, 0.15) is 5.01 Å². The normalized spacial score (nSPS) is 15.0. The van der Waals surface area contributed by atoms with Crippen molar-refractivity contribution in [3.8, 4) is 10.6 Å². The van der Waals surface area contributed by atoms with Gasteiger partial charge in [-0.25, -0.2) is 4.98 Å². The molecule has 0 bridgehead atoms. The lowest BCUT2D eigenvalue weighted by Gasteiger charge is -2.25. The van der Waals surface area contributed by atoms with Gasteiger partial charge in [-0.2, -0.15) is 0 Å². The summed E-state index contributed by atoms with van der Waals surface area (Å²) >= 11 is 3.64. The third-order valence-electron chi connectivity index (χ3n) is 4.12. The predicted molar refractivity (Wildman–Crippen MR) is 94.4 cm³/mol. The molecular formula is C18H18N2S2. The highest BCUT2D eigenvalue weighted by molar-refractivity contribution is 7.13. The first-order valence-electron chi connectivity index (χ1n) is 7.57. The minimum absolute atomic E-state index is 0.956. The zero-order chi connectivity index (χ0) is 14.9. The molecule has 0 saturated heterocycles. The molecule has 3 aromatic rings. The summed E-state index contributed by atoms with van der Waals surface area (Å²) < 4.78 is 0. The summed E-state index contributed by atoms with van der Waals surface area (Å²) in [6, 6.07) is 10.9. The largest absolute Gasteiger partial charge is 0.293 e. The van der Waals surface area contributed by atoms with Crippen LogP contribution in [0.2, 0.25) is 0 Å². The van der Waals surface area contributed by atoms with E-state index in [9.17, 15) is 0 Å². The topological polar surface area (TPSA) is 16.1 Å². The van der Waals surface area contributed by atoms with Crippen LogP contribution in [-0.2, 0) is 19.5 Å². The lowest BCUT2D eigenvalue weighted by Crippen LogP contribution is -2.29. The molecule has 0 spiro atoms. The number of hydrogen-bond acceptors (Lipinski definition) is 4. The van der Waals surface area contributed by atoms with E-state index in [2.05, 4.69) is 52.9 Å². The number of aromatic nitrogens is 1. The first-order valence-corrected chi connectivity index (χ1v) is 9.33. The molecule has 0 unspecified atom stereocenters. The molecule has 0 radical (unpaired) electrons. The summed E-state index contributed by atoms with van der Waals surface area (Å²) in [5.74, 6) is 0. The van der Waals surface area contributed by atoms with E-state index in [4.69, 9.17) is 4.98 Å². The van der Waals surface area contributed by atoms with Crippen LogP contribution in [0.25, 0.3) is 10.6 Å². The second-order valence-corrected chi connectivity index (χ2v) is 7.70. The molecule has 0 amide bonds. The highest BCUT2D eigenvalue weighted by atomic mass is 32.1. The van der Waals surface area contributed by atoms with Gasteiger partial charge in [0, 0.05) is 35.5 Å². The number of rotatable bonds is 3. The molecule has 2 nitrogen and oxygen atoms in total. The summed E-state index contributed by atoms with van der Waals surface area (Å²) in [6.45, 7) is 5.28. The Morgan fingerprint density at radius 3 is 2.86 bits per heavy atom. The standard InChI is InChI=1S/C18H18N2S2/c1-13-2-4-14(5-3-13)18-19-16(12-22-18)11-20-8-6-17-15(10-20)7-9-21-17/h2-5,7,9,12H,6,8,10-11H2,1H3. The summed E-state index contributed by atoms with van der Waals surface area (Å²) in [5.41, 5.74) is 5.21. The Balaban J connectivity index is 1.47. The Kier molecular flexibility index (Phi) is 3.82. The van der Waals surface area contributed by atoms with Crippen molar-refractivity contribution in [1.29, 1.82) is 0 Å². The van der Waals surface area contributed by atoms with Gasteiger partial charge in [0.25, 0.3) is 0 Å². The number of thiophene rings is 1. The summed E-state index contributed by atoms with van der Waals surface area (Å²) in [5, 5.41) is 5.55. The Morgan fingerprint density at radius 1 is 1.14 bits per heavy atom. The van der Waals surface area contributed by atoms with E-state index in [1.807, 2.05) is 11.3 Å². The van der Waals surface area contributed by atoms with Crippen molar-refractivity contribution >= 4 is 22.7 Å². The number of benzene rings is 1. The third kappa shape index (κ3) is 2.86. The van der Waals surface area contributed by atoms with Crippen molar-refractivity contribution < 1.29 is 0 Å². The quantitative estimate of drug-likeness (QED) is 0.691. The highest BCUT2D eigenvalue weighted by Crippen LogP contribution is 2.27. The van der Waals surface area contributed by atoms with Gasteiger partial charge in [0.15, 0.2) is 0 Å². The van der Waals surface area contributed by atoms with E-state index in [1.165, 1.54) is 28.8 Å². The molecule has 4 heteroatoms. The van der Waals surface area contributed by atoms with Crippen molar-refractivity contribution in [3.63, 3.8) is 0 Å². The van der Waals surface area contributed by atoms with Crippen LogP contribution in [0, 0.1) is 6.92 Å². The first-order chi connectivity index (χ1) is 10.8. The smallest absolute Gasteiger partial charge is 0.123 e. The molecule has 4 rings (SSSR count). The molecule has 2 aromatic heterocycles.